The van der Waals surface area contributed by atoms with Crippen molar-refractivity contribution in [2.45, 2.75) is 45.4 Å². The first-order chi connectivity index (χ1) is 15.5. The third-order valence-electron chi connectivity index (χ3n) is 5.32. The Kier molecular flexibility index (Phi) is 8.14. The molecule has 1 aliphatic heterocycles. The van der Waals surface area contributed by atoms with E-state index in [2.05, 4.69) is 12.2 Å². The number of unbranched alkanes of at least 4 members (excludes halogenated alkanes) is 2. The molecule has 168 valence electrons. The van der Waals surface area contributed by atoms with Crippen LogP contribution in [0.5, 0.6) is 0 Å². The zero-order chi connectivity index (χ0) is 22.9. The minimum atomic E-state index is -0.603. The van der Waals surface area contributed by atoms with E-state index in [4.69, 9.17) is 4.74 Å². The molecule has 1 aliphatic rings. The number of amides is 2. The second-order valence-electron chi connectivity index (χ2n) is 7.78. The molecule has 0 aliphatic carbocycles. The Morgan fingerprint density at radius 2 is 1.66 bits per heavy atom. The van der Waals surface area contributed by atoms with E-state index in [1.165, 1.54) is 0 Å². The van der Waals surface area contributed by atoms with Gasteiger partial charge in [-0.3, -0.25) is 14.4 Å². The molecule has 3 rings (SSSR count). The minimum Gasteiger partial charge on any atom is -0.454 e. The Balaban J connectivity index is 1.48. The quantitative estimate of drug-likeness (QED) is 0.339. The zero-order valence-corrected chi connectivity index (χ0v) is 18.3. The van der Waals surface area contributed by atoms with Gasteiger partial charge in [0.25, 0.3) is 0 Å². The second-order valence-corrected chi connectivity index (χ2v) is 7.78. The number of hydrogen-bond acceptors (Lipinski definition) is 5. The normalized spacial score (nSPS) is 13.2. The van der Waals surface area contributed by atoms with Gasteiger partial charge in [0, 0.05) is 36.3 Å². The van der Waals surface area contributed by atoms with Gasteiger partial charge in [0.1, 0.15) is 0 Å². The molecule has 0 spiro atoms. The number of hydrogen-bond donors (Lipinski definition) is 1. The highest BCUT2D eigenvalue weighted by Gasteiger charge is 2.22. The van der Waals surface area contributed by atoms with Crippen LogP contribution in [-0.2, 0) is 14.3 Å². The van der Waals surface area contributed by atoms with E-state index in [1.54, 1.807) is 53.4 Å². The molecule has 7 heteroatoms. The van der Waals surface area contributed by atoms with Gasteiger partial charge in [0.2, 0.25) is 11.8 Å². The summed E-state index contributed by atoms with van der Waals surface area (Å²) in [4.78, 5) is 50.0. The largest absolute Gasteiger partial charge is 0.454 e. The maximum Gasteiger partial charge on any atom is 0.338 e. The third kappa shape index (κ3) is 6.26. The first-order valence-electron chi connectivity index (χ1n) is 11.0. The van der Waals surface area contributed by atoms with Gasteiger partial charge in [-0.2, -0.15) is 0 Å². The molecular formula is C25H28N2O5. The highest BCUT2D eigenvalue weighted by molar-refractivity contribution is 6.00. The van der Waals surface area contributed by atoms with Gasteiger partial charge in [0.15, 0.2) is 12.4 Å². The molecule has 0 unspecified atom stereocenters. The average molecular weight is 437 g/mol. The predicted molar refractivity (Wildman–Crippen MR) is 122 cm³/mol. The molecule has 1 fully saturated rings. The van der Waals surface area contributed by atoms with Crippen molar-refractivity contribution in [2.24, 2.45) is 0 Å². The van der Waals surface area contributed by atoms with E-state index in [0.717, 1.165) is 31.4 Å². The summed E-state index contributed by atoms with van der Waals surface area (Å²) in [5, 5.41) is 2.81. The number of carbonyl (C=O) groups is 4. The van der Waals surface area contributed by atoms with Crippen LogP contribution in [0, 0.1) is 0 Å². The maximum absolute atomic E-state index is 12.3. The molecule has 1 heterocycles. The number of ether oxygens (including phenoxy) is 1. The highest BCUT2D eigenvalue weighted by atomic mass is 16.5. The minimum absolute atomic E-state index is 0.0495. The van der Waals surface area contributed by atoms with Gasteiger partial charge in [0.05, 0.1) is 5.56 Å². The molecule has 2 amide bonds. The molecule has 0 bridgehead atoms. The number of ketones is 1. The van der Waals surface area contributed by atoms with Crippen LogP contribution in [0.1, 0.15) is 66.2 Å². The summed E-state index contributed by atoms with van der Waals surface area (Å²) < 4.78 is 5.14. The molecule has 0 atom stereocenters. The van der Waals surface area contributed by atoms with E-state index < -0.39 is 5.97 Å². The lowest BCUT2D eigenvalue weighted by Gasteiger charge is -2.15. The average Bonchev–Trinajstić information content (AvgIpc) is 3.24. The van der Waals surface area contributed by atoms with E-state index in [-0.39, 0.29) is 24.2 Å². The van der Waals surface area contributed by atoms with Crippen LogP contribution in [0.4, 0.5) is 11.4 Å². The molecular weight excluding hydrogens is 408 g/mol. The molecule has 1 saturated heterocycles. The van der Waals surface area contributed by atoms with Crippen molar-refractivity contribution in [3.05, 3.63) is 59.7 Å². The Morgan fingerprint density at radius 3 is 2.28 bits per heavy atom. The van der Waals surface area contributed by atoms with E-state index in [1.807, 2.05) is 0 Å². The Labute approximate surface area is 187 Å². The summed E-state index contributed by atoms with van der Waals surface area (Å²) in [6.07, 6.45) is 4.76. The van der Waals surface area contributed by atoms with Crippen molar-refractivity contribution in [3.8, 4) is 0 Å². The van der Waals surface area contributed by atoms with Crippen LogP contribution in [0.3, 0.4) is 0 Å². The van der Waals surface area contributed by atoms with Crippen molar-refractivity contribution in [2.75, 3.05) is 23.4 Å². The number of nitrogens with zero attached hydrogens (tertiary/aromatic N) is 1. The lowest BCUT2D eigenvalue weighted by Crippen LogP contribution is -2.23. The molecule has 7 nitrogen and oxygen atoms in total. The van der Waals surface area contributed by atoms with Crippen LogP contribution in [0.15, 0.2) is 48.5 Å². The summed E-state index contributed by atoms with van der Waals surface area (Å²) in [5.74, 6) is -0.911. The predicted octanol–water partition coefficient (Wildman–Crippen LogP) is 4.37. The number of esters is 1. The van der Waals surface area contributed by atoms with Gasteiger partial charge in [-0.05, 0) is 61.4 Å². The molecule has 0 aromatic heterocycles. The highest BCUT2D eigenvalue weighted by Crippen LogP contribution is 2.22. The van der Waals surface area contributed by atoms with Gasteiger partial charge in [-0.15, -0.1) is 0 Å². The monoisotopic (exact) mass is 436 g/mol. The fourth-order valence-electron chi connectivity index (χ4n) is 3.49. The molecule has 0 radical (unpaired) electrons. The molecule has 1 N–H and O–H groups in total. The fourth-order valence-corrected chi connectivity index (χ4v) is 3.49. The Morgan fingerprint density at radius 1 is 0.969 bits per heavy atom. The van der Waals surface area contributed by atoms with Crippen LogP contribution >= 0.6 is 0 Å². The molecule has 2 aromatic rings. The van der Waals surface area contributed by atoms with Crippen molar-refractivity contribution in [1.29, 1.82) is 0 Å². The van der Waals surface area contributed by atoms with Crippen molar-refractivity contribution in [1.82, 2.24) is 0 Å². The lowest BCUT2D eigenvalue weighted by atomic mass is 10.1. The van der Waals surface area contributed by atoms with E-state index in [0.29, 0.717) is 36.2 Å². The van der Waals surface area contributed by atoms with Crippen LogP contribution in [-0.4, -0.2) is 36.7 Å². The first-order valence-corrected chi connectivity index (χ1v) is 11.0. The van der Waals surface area contributed by atoms with Gasteiger partial charge in [-0.25, -0.2) is 4.79 Å². The first kappa shape index (κ1) is 23.2. The van der Waals surface area contributed by atoms with Crippen molar-refractivity contribution >= 4 is 34.9 Å². The smallest absolute Gasteiger partial charge is 0.338 e. The van der Waals surface area contributed by atoms with Crippen molar-refractivity contribution < 1.29 is 23.9 Å². The van der Waals surface area contributed by atoms with Crippen LogP contribution in [0.25, 0.3) is 0 Å². The summed E-state index contributed by atoms with van der Waals surface area (Å²) in [5.41, 5.74) is 2.08. The van der Waals surface area contributed by atoms with Crippen molar-refractivity contribution in [3.63, 3.8) is 0 Å². The summed E-state index contributed by atoms with van der Waals surface area (Å²) >= 11 is 0. The molecule has 2 aromatic carbocycles. The Bertz CT molecular complexity index is 967. The third-order valence-corrected chi connectivity index (χ3v) is 5.32. The second kappa shape index (κ2) is 11.2. The zero-order valence-electron chi connectivity index (χ0n) is 18.3. The molecule has 0 saturated carbocycles. The lowest BCUT2D eigenvalue weighted by molar-refractivity contribution is -0.117. The van der Waals surface area contributed by atoms with Gasteiger partial charge >= 0.3 is 5.97 Å². The number of nitrogens with one attached hydrogen (secondary N) is 1. The number of carbonyl (C=O) groups excluding carboxylic acids is 4. The van der Waals surface area contributed by atoms with Gasteiger partial charge in [-0.1, -0.05) is 19.8 Å². The summed E-state index contributed by atoms with van der Waals surface area (Å²) in [7, 11) is 0. The number of anilines is 2. The number of Topliss-reactive ketones (excluding diaryl/α,β-unsaturated/α-hetero) is 1. The topological polar surface area (TPSA) is 92.8 Å². The number of benzene rings is 2. The van der Waals surface area contributed by atoms with Gasteiger partial charge < -0.3 is 15.0 Å². The van der Waals surface area contributed by atoms with E-state index in [9.17, 15) is 19.2 Å². The fraction of sp³-hybridized carbons (Fsp3) is 0.360. The summed E-state index contributed by atoms with van der Waals surface area (Å²) in [6, 6.07) is 13.1. The summed E-state index contributed by atoms with van der Waals surface area (Å²) in [6.45, 7) is 2.38. The maximum atomic E-state index is 12.3. The Hall–Kier alpha value is -3.48. The molecule has 32 heavy (non-hydrogen) atoms. The standard InChI is InChI=1S/C25H28N2O5/c1-2-3-4-6-23(29)26-20-12-8-18(9-13-20)22(28)17-32-25(31)19-10-14-21(15-11-19)27-16-5-7-24(27)30/h8-15H,2-7,16-17H2,1H3,(H,26,29). The van der Waals surface area contributed by atoms with Crippen LogP contribution < -0.4 is 10.2 Å². The van der Waals surface area contributed by atoms with E-state index >= 15 is 0 Å². The van der Waals surface area contributed by atoms with Crippen LogP contribution in [0.2, 0.25) is 0 Å². The number of rotatable bonds is 10. The SMILES string of the molecule is CCCCCC(=O)Nc1ccc(C(=O)COC(=O)c2ccc(N3CCCC3=O)cc2)cc1.